The maximum Gasteiger partial charge on any atom is 0.306 e. The van der Waals surface area contributed by atoms with Crippen molar-refractivity contribution in [2.75, 3.05) is 26.9 Å². The molecule has 6 rings (SSSR count). The largest absolute Gasteiger partial charge is 0.497 e. The molecule has 0 spiro atoms. The molecular weight excluding hydrogens is 733 g/mol. The molecule has 2 heterocycles. The number of hydrogen-bond acceptors (Lipinski definition) is 9. The Morgan fingerprint density at radius 2 is 1.80 bits per heavy atom. The van der Waals surface area contributed by atoms with Gasteiger partial charge in [-0.1, -0.05) is 57.2 Å². The van der Waals surface area contributed by atoms with Crippen LogP contribution in [0.2, 0.25) is 0 Å². The minimum atomic E-state index is -4.20. The molecule has 3 aliphatic rings. The van der Waals surface area contributed by atoms with Crippen molar-refractivity contribution < 1.29 is 42.8 Å². The molecule has 56 heavy (non-hydrogen) atoms. The summed E-state index contributed by atoms with van der Waals surface area (Å²) in [6.07, 6.45) is 3.54. The Labute approximate surface area is 328 Å². The van der Waals surface area contributed by atoms with E-state index in [1.807, 2.05) is 75.4 Å². The van der Waals surface area contributed by atoms with Crippen LogP contribution in [0.3, 0.4) is 0 Å². The fraction of sp³-hybridized carbons (Fsp3) is 0.512. The summed E-state index contributed by atoms with van der Waals surface area (Å²) in [5, 5.41) is 1.75. The van der Waals surface area contributed by atoms with Crippen molar-refractivity contribution in [3.05, 3.63) is 67.3 Å². The molecule has 13 heteroatoms. The van der Waals surface area contributed by atoms with Crippen LogP contribution in [-0.4, -0.2) is 88.6 Å². The van der Waals surface area contributed by atoms with Crippen LogP contribution in [0.25, 0.3) is 22.2 Å². The Balaban J connectivity index is 1.34. The summed E-state index contributed by atoms with van der Waals surface area (Å²) in [7, 11) is -1.23. The molecule has 3 aromatic rings. The van der Waals surface area contributed by atoms with Crippen molar-refractivity contribution in [1.82, 2.24) is 15.2 Å². The van der Waals surface area contributed by atoms with Crippen molar-refractivity contribution in [3.8, 4) is 22.8 Å². The highest BCUT2D eigenvalue weighted by atomic mass is 31.2. The van der Waals surface area contributed by atoms with Gasteiger partial charge in [0.05, 0.1) is 48.4 Å². The Hall–Kier alpha value is -4.54. The first kappa shape index (κ1) is 41.1. The number of likely N-dealkylation sites (tertiary alicyclic amines) is 1. The molecule has 1 aromatic heterocycles. The molecule has 3 fully saturated rings. The second kappa shape index (κ2) is 16.5. The third-order valence-corrected chi connectivity index (χ3v) is 14.6. The number of hydrogen-bond donors (Lipinski definition) is 2. The number of allylic oxidation sites excluding steroid dienone is 1. The number of aromatic nitrogens is 1. The lowest BCUT2D eigenvalue weighted by Gasteiger charge is -2.35. The van der Waals surface area contributed by atoms with E-state index in [0.717, 1.165) is 31.2 Å². The number of nitrogens with one attached hydrogen (secondary N) is 1. The maximum atomic E-state index is 14.8. The molecule has 2 aromatic carbocycles. The van der Waals surface area contributed by atoms with Crippen LogP contribution in [0.4, 0.5) is 0 Å². The highest BCUT2D eigenvalue weighted by Crippen LogP contribution is 2.72. The number of methoxy groups -OCH3 is 1. The lowest BCUT2D eigenvalue weighted by atomic mass is 9.77. The molecule has 2 saturated carbocycles. The lowest BCUT2D eigenvalue weighted by Crippen LogP contribution is -2.48. The second-order valence-electron chi connectivity index (χ2n) is 16.6. The number of carbonyl (C=O) groups excluding carboxylic acids is 4. The van der Waals surface area contributed by atoms with Gasteiger partial charge in [-0.3, -0.25) is 23.7 Å². The van der Waals surface area contributed by atoms with E-state index >= 15 is 0 Å². The summed E-state index contributed by atoms with van der Waals surface area (Å²) < 4.78 is 31.9. The van der Waals surface area contributed by atoms with Crippen molar-refractivity contribution in [1.29, 1.82) is 0 Å². The van der Waals surface area contributed by atoms with Crippen LogP contribution >= 0.6 is 7.37 Å². The Morgan fingerprint density at radius 1 is 1.09 bits per heavy atom. The van der Waals surface area contributed by atoms with Crippen LogP contribution in [0.15, 0.2) is 67.3 Å². The number of ether oxygens (including phenoxy) is 3. The van der Waals surface area contributed by atoms with E-state index in [4.69, 9.17) is 19.2 Å². The maximum absolute atomic E-state index is 14.8. The fourth-order valence-corrected chi connectivity index (χ4v) is 10.7. The number of ketones is 1. The van der Waals surface area contributed by atoms with Crippen LogP contribution in [0, 0.1) is 17.3 Å². The summed E-state index contributed by atoms with van der Waals surface area (Å²) in [6.45, 7) is 9.52. The summed E-state index contributed by atoms with van der Waals surface area (Å²) in [4.78, 5) is 72.7. The molecule has 1 aliphatic heterocycles. The molecule has 6 atom stereocenters. The molecule has 0 radical (unpaired) electrons. The topological polar surface area (TPSA) is 161 Å². The van der Waals surface area contributed by atoms with E-state index in [0.29, 0.717) is 28.1 Å². The Kier molecular flexibility index (Phi) is 12.1. The van der Waals surface area contributed by atoms with Gasteiger partial charge in [-0.15, -0.1) is 6.58 Å². The van der Waals surface area contributed by atoms with E-state index in [9.17, 15) is 28.6 Å². The SMILES string of the molecule is C=C[C@@H]1C[C@]1(CC(=O)[C@@H]1C[C@@H](Oc2cc(-c3ccccc3)nc3cc(OC)ccc23)CN1C(=O)[C@@H](CC(=O)OC1CCCC1)C(C)(C)C)P(=O)(O)CC(=O)NC. The zero-order chi connectivity index (χ0) is 40.4. The van der Waals surface area contributed by atoms with Crippen LogP contribution in [-0.2, 0) is 28.5 Å². The number of nitrogens with zero attached hydrogens (tertiary/aromatic N) is 2. The molecule has 1 unspecified atom stereocenters. The number of esters is 1. The molecule has 0 bridgehead atoms. The van der Waals surface area contributed by atoms with Gasteiger partial charge in [0, 0.05) is 43.0 Å². The molecule has 12 nitrogen and oxygen atoms in total. The quantitative estimate of drug-likeness (QED) is 0.0962. The third kappa shape index (κ3) is 8.71. The van der Waals surface area contributed by atoms with E-state index in [1.54, 1.807) is 13.2 Å². The highest BCUT2D eigenvalue weighted by molar-refractivity contribution is 7.61. The first-order valence-corrected chi connectivity index (χ1v) is 21.3. The van der Waals surface area contributed by atoms with Gasteiger partial charge < -0.3 is 29.3 Å². The Bertz CT molecular complexity index is 2030. The number of Topliss-reactive ketones (excluding diaryl/α,β-unsaturated/α-hetero) is 1. The first-order chi connectivity index (χ1) is 26.6. The fourth-order valence-electron chi connectivity index (χ4n) is 8.34. The first-order valence-electron chi connectivity index (χ1n) is 19.5. The molecule has 1 saturated heterocycles. The summed E-state index contributed by atoms with van der Waals surface area (Å²) in [5.74, 6) is -1.99. The van der Waals surface area contributed by atoms with Gasteiger partial charge in [0.2, 0.25) is 19.2 Å². The van der Waals surface area contributed by atoms with Gasteiger partial charge in [-0.25, -0.2) is 4.98 Å². The van der Waals surface area contributed by atoms with Crippen LogP contribution < -0.4 is 14.8 Å². The molecule has 2 aliphatic carbocycles. The standard InChI is InChI=1S/C43H54N3O9P/c1-7-28-23-43(28,56(51,52)26-39(48)44-5)24-37(47)36-20-31(25-46(36)41(50)33(42(2,3)4)21-40(49)55-29-15-11-12-16-29)54-38-22-34(27-13-9-8-10-14-27)45-35-19-30(53-6)17-18-32(35)38/h7-10,13-14,17-19,22,28-29,31,33,36H,1,11-12,15-16,20-21,23-26H2,2-6H3,(H,44,48)(H,51,52)/t28-,31-,33-,36+,43-/m1/s1. The van der Waals surface area contributed by atoms with Crippen molar-refractivity contribution >= 4 is 41.8 Å². The van der Waals surface area contributed by atoms with E-state index < -0.39 is 65.7 Å². The van der Waals surface area contributed by atoms with Crippen LogP contribution in [0.1, 0.15) is 72.1 Å². The van der Waals surface area contributed by atoms with E-state index in [-0.39, 0.29) is 44.2 Å². The van der Waals surface area contributed by atoms with Crippen molar-refractivity contribution in [2.24, 2.45) is 17.3 Å². The van der Waals surface area contributed by atoms with E-state index in [2.05, 4.69) is 11.9 Å². The minimum Gasteiger partial charge on any atom is -0.497 e. The Morgan fingerprint density at radius 3 is 2.43 bits per heavy atom. The number of benzene rings is 2. The van der Waals surface area contributed by atoms with Gasteiger partial charge in [0.1, 0.15) is 29.9 Å². The smallest absolute Gasteiger partial charge is 0.306 e. The number of fused-ring (bicyclic) bond motifs is 1. The second-order valence-corrected chi connectivity index (χ2v) is 19.2. The summed E-state index contributed by atoms with van der Waals surface area (Å²) >= 11 is 0. The average molecular weight is 788 g/mol. The number of amides is 2. The number of rotatable bonds is 15. The molecule has 300 valence electrons. The summed E-state index contributed by atoms with van der Waals surface area (Å²) in [6, 6.07) is 16.0. The monoisotopic (exact) mass is 787 g/mol. The van der Waals surface area contributed by atoms with Gasteiger partial charge in [-0.05, 0) is 55.6 Å². The van der Waals surface area contributed by atoms with Gasteiger partial charge in [0.25, 0.3) is 0 Å². The van der Waals surface area contributed by atoms with Crippen molar-refractivity contribution in [3.63, 3.8) is 0 Å². The predicted molar refractivity (Wildman–Crippen MR) is 214 cm³/mol. The summed E-state index contributed by atoms with van der Waals surface area (Å²) in [5.41, 5.74) is 1.49. The molecule has 2 amide bonds. The molecule has 2 N–H and O–H groups in total. The van der Waals surface area contributed by atoms with E-state index in [1.165, 1.54) is 11.9 Å². The lowest BCUT2D eigenvalue weighted by molar-refractivity contribution is -0.156. The van der Waals surface area contributed by atoms with Gasteiger partial charge in [0.15, 0.2) is 5.78 Å². The zero-order valence-corrected chi connectivity index (χ0v) is 33.9. The zero-order valence-electron chi connectivity index (χ0n) is 33.0. The third-order valence-electron chi connectivity index (χ3n) is 11.8. The predicted octanol–water partition coefficient (Wildman–Crippen LogP) is 6.72. The average Bonchev–Trinajstić information content (AvgIpc) is 3.42. The minimum absolute atomic E-state index is 0.0348. The number of pyridine rings is 1. The number of carbonyl (C=O) groups is 4. The van der Waals surface area contributed by atoms with Crippen LogP contribution in [0.5, 0.6) is 11.5 Å². The normalized spacial score (nSPS) is 23.9. The highest BCUT2D eigenvalue weighted by Gasteiger charge is 2.65. The van der Waals surface area contributed by atoms with Gasteiger partial charge in [-0.2, -0.15) is 0 Å². The molecular formula is C43H54N3O9P. The van der Waals surface area contributed by atoms with Crippen molar-refractivity contribution in [2.45, 2.75) is 95.5 Å². The van der Waals surface area contributed by atoms with Gasteiger partial charge >= 0.3 is 5.97 Å².